The van der Waals surface area contributed by atoms with Crippen LogP contribution in [-0.2, 0) is 28.3 Å². The van der Waals surface area contributed by atoms with Gasteiger partial charge in [-0.2, -0.15) is 5.10 Å². The molecule has 8 nitrogen and oxygen atoms in total. The molecule has 0 fully saturated rings. The Bertz CT molecular complexity index is 742. The molecule has 0 saturated heterocycles. The molecular formula is C13H16N4O4S. The number of rotatable bonds is 7. The first-order valence-corrected chi connectivity index (χ1v) is 7.99. The van der Waals surface area contributed by atoms with E-state index < -0.39 is 21.9 Å². The summed E-state index contributed by atoms with van der Waals surface area (Å²) in [5, 5.41) is 13.0. The Morgan fingerprint density at radius 3 is 2.68 bits per heavy atom. The van der Waals surface area contributed by atoms with Crippen molar-refractivity contribution in [1.82, 2.24) is 19.5 Å². The molecule has 0 aliphatic carbocycles. The molecule has 1 unspecified atom stereocenters. The Labute approximate surface area is 127 Å². The van der Waals surface area contributed by atoms with Gasteiger partial charge in [-0.25, -0.2) is 13.1 Å². The molecule has 2 aromatic rings. The Morgan fingerprint density at radius 2 is 2.14 bits per heavy atom. The number of pyridine rings is 1. The number of nitrogens with zero attached hydrogens (tertiary/aromatic N) is 3. The first kappa shape index (κ1) is 16.1. The second-order valence-corrected chi connectivity index (χ2v) is 6.42. The first-order chi connectivity index (χ1) is 10.4. The maximum Gasteiger partial charge on any atom is 0.308 e. The zero-order valence-electron chi connectivity index (χ0n) is 11.9. The van der Waals surface area contributed by atoms with E-state index in [2.05, 4.69) is 14.8 Å². The van der Waals surface area contributed by atoms with Crippen LogP contribution in [0.2, 0.25) is 0 Å². The Hall–Kier alpha value is -2.26. The summed E-state index contributed by atoms with van der Waals surface area (Å²) < 4.78 is 27.7. The van der Waals surface area contributed by atoms with Gasteiger partial charge in [0.05, 0.1) is 12.1 Å². The van der Waals surface area contributed by atoms with Gasteiger partial charge in [-0.1, -0.05) is 6.07 Å². The number of hydrogen-bond acceptors (Lipinski definition) is 5. The fourth-order valence-electron chi connectivity index (χ4n) is 1.93. The monoisotopic (exact) mass is 324 g/mol. The highest BCUT2D eigenvalue weighted by atomic mass is 32.2. The topological polar surface area (TPSA) is 114 Å². The van der Waals surface area contributed by atoms with Crippen LogP contribution < -0.4 is 4.72 Å². The van der Waals surface area contributed by atoms with Gasteiger partial charge in [0.1, 0.15) is 0 Å². The van der Waals surface area contributed by atoms with Crippen molar-refractivity contribution in [3.63, 3.8) is 0 Å². The van der Waals surface area contributed by atoms with Gasteiger partial charge >= 0.3 is 5.97 Å². The van der Waals surface area contributed by atoms with Gasteiger partial charge in [-0.3, -0.25) is 14.5 Å². The van der Waals surface area contributed by atoms with Crippen LogP contribution in [0.25, 0.3) is 0 Å². The van der Waals surface area contributed by atoms with Crippen LogP contribution >= 0.6 is 0 Å². The third kappa shape index (κ3) is 3.89. The van der Waals surface area contributed by atoms with E-state index in [0.29, 0.717) is 5.69 Å². The van der Waals surface area contributed by atoms with E-state index in [1.165, 1.54) is 24.0 Å². The lowest BCUT2D eigenvalue weighted by molar-refractivity contribution is -0.141. The van der Waals surface area contributed by atoms with Crippen LogP contribution in [0.15, 0.2) is 41.7 Å². The molecule has 0 aromatic carbocycles. The van der Waals surface area contributed by atoms with E-state index in [1.807, 2.05) is 0 Å². The van der Waals surface area contributed by atoms with Crippen LogP contribution in [0.3, 0.4) is 0 Å². The summed E-state index contributed by atoms with van der Waals surface area (Å²) in [6.45, 7) is -0.223. The normalized spacial score (nSPS) is 13.0. The molecule has 0 amide bonds. The van der Waals surface area contributed by atoms with Crippen molar-refractivity contribution in [1.29, 1.82) is 0 Å². The highest BCUT2D eigenvalue weighted by molar-refractivity contribution is 7.89. The summed E-state index contributed by atoms with van der Waals surface area (Å²) in [6, 6.07) is 6.52. The molecule has 1 atom stereocenters. The fourth-order valence-corrected chi connectivity index (χ4v) is 3.13. The van der Waals surface area contributed by atoms with Crippen LogP contribution in [0.4, 0.5) is 0 Å². The highest BCUT2D eigenvalue weighted by Gasteiger charge is 2.24. The SMILES string of the molecule is Cn1nccc1S(=O)(=O)NCC(Cc1ccccn1)C(=O)O. The van der Waals surface area contributed by atoms with Crippen molar-refractivity contribution in [2.45, 2.75) is 11.4 Å². The molecule has 2 N–H and O–H groups in total. The van der Waals surface area contributed by atoms with E-state index in [4.69, 9.17) is 0 Å². The van der Waals surface area contributed by atoms with Gasteiger partial charge in [-0.05, 0) is 18.2 Å². The summed E-state index contributed by atoms with van der Waals surface area (Å²) in [7, 11) is -2.30. The zero-order chi connectivity index (χ0) is 16.2. The number of carboxylic acid groups (broad SMARTS) is 1. The second kappa shape index (κ2) is 6.67. The van der Waals surface area contributed by atoms with E-state index in [1.54, 1.807) is 24.4 Å². The lowest BCUT2D eigenvalue weighted by atomic mass is 10.0. The number of hydrogen-bond donors (Lipinski definition) is 2. The number of aromatic nitrogens is 3. The zero-order valence-corrected chi connectivity index (χ0v) is 12.7. The predicted molar refractivity (Wildman–Crippen MR) is 77.5 cm³/mol. The quantitative estimate of drug-likeness (QED) is 0.743. The van der Waals surface area contributed by atoms with Crippen molar-refractivity contribution in [3.8, 4) is 0 Å². The van der Waals surface area contributed by atoms with Crippen molar-refractivity contribution >= 4 is 16.0 Å². The molecule has 118 valence electrons. The molecule has 2 heterocycles. The molecule has 0 saturated carbocycles. The molecule has 2 rings (SSSR count). The molecule has 22 heavy (non-hydrogen) atoms. The molecule has 0 spiro atoms. The maximum absolute atomic E-state index is 12.1. The standard InChI is InChI=1S/C13H16N4O4S/c1-17-12(5-7-15-17)22(20,21)16-9-10(13(18)19)8-11-4-2-3-6-14-11/h2-7,10,16H,8-9H2,1H3,(H,18,19). The van der Waals surface area contributed by atoms with Crippen molar-refractivity contribution in [3.05, 3.63) is 42.4 Å². The number of aryl methyl sites for hydroxylation is 1. The number of nitrogens with one attached hydrogen (secondary N) is 1. The van der Waals surface area contributed by atoms with E-state index in [0.717, 1.165) is 0 Å². The second-order valence-electron chi connectivity index (χ2n) is 4.71. The summed E-state index contributed by atoms with van der Waals surface area (Å²) >= 11 is 0. The van der Waals surface area contributed by atoms with Gasteiger partial charge in [0.15, 0.2) is 5.03 Å². The minimum absolute atomic E-state index is 0.0190. The van der Waals surface area contributed by atoms with Crippen molar-refractivity contribution in [2.24, 2.45) is 13.0 Å². The third-order valence-corrected chi connectivity index (χ3v) is 4.60. The molecule has 0 aliphatic rings. The number of carbonyl (C=O) groups is 1. The minimum atomic E-state index is -3.80. The van der Waals surface area contributed by atoms with Gasteiger partial charge < -0.3 is 5.11 Å². The molecule has 2 aromatic heterocycles. The van der Waals surface area contributed by atoms with Crippen LogP contribution in [0.1, 0.15) is 5.69 Å². The fraction of sp³-hybridized carbons (Fsp3) is 0.308. The van der Waals surface area contributed by atoms with Gasteiger partial charge in [0, 0.05) is 31.9 Å². The average molecular weight is 324 g/mol. The summed E-state index contributed by atoms with van der Waals surface area (Å²) in [4.78, 5) is 15.3. The third-order valence-electron chi connectivity index (χ3n) is 3.10. The first-order valence-electron chi connectivity index (χ1n) is 6.50. The summed E-state index contributed by atoms with van der Waals surface area (Å²) in [5.74, 6) is -1.99. The predicted octanol–water partition coefficient (Wildman–Crippen LogP) is 0.0369. The molecular weight excluding hydrogens is 308 g/mol. The molecule has 0 aliphatic heterocycles. The Balaban J connectivity index is 2.06. The maximum atomic E-state index is 12.1. The van der Waals surface area contributed by atoms with E-state index in [-0.39, 0.29) is 18.0 Å². The minimum Gasteiger partial charge on any atom is -0.481 e. The molecule has 0 radical (unpaired) electrons. The van der Waals surface area contributed by atoms with Crippen molar-refractivity contribution in [2.75, 3.05) is 6.54 Å². The van der Waals surface area contributed by atoms with Crippen LogP contribution in [0, 0.1) is 5.92 Å². The average Bonchev–Trinajstić information content (AvgIpc) is 2.91. The highest BCUT2D eigenvalue weighted by Crippen LogP contribution is 2.10. The van der Waals surface area contributed by atoms with Gasteiger partial charge in [0.2, 0.25) is 0 Å². The van der Waals surface area contributed by atoms with Crippen LogP contribution in [0.5, 0.6) is 0 Å². The summed E-state index contributed by atoms with van der Waals surface area (Å²) in [5.41, 5.74) is 0.592. The van der Waals surface area contributed by atoms with Gasteiger partial charge in [-0.15, -0.1) is 0 Å². The van der Waals surface area contributed by atoms with Gasteiger partial charge in [0.25, 0.3) is 10.0 Å². The number of sulfonamides is 1. The van der Waals surface area contributed by atoms with Crippen molar-refractivity contribution < 1.29 is 18.3 Å². The van der Waals surface area contributed by atoms with Crippen LogP contribution in [-0.4, -0.2) is 40.8 Å². The molecule has 9 heteroatoms. The lowest BCUT2D eigenvalue weighted by Crippen LogP contribution is -2.35. The Kier molecular flexibility index (Phi) is 4.88. The summed E-state index contributed by atoms with van der Waals surface area (Å²) in [6.07, 6.45) is 3.06. The van der Waals surface area contributed by atoms with E-state index >= 15 is 0 Å². The van der Waals surface area contributed by atoms with E-state index in [9.17, 15) is 18.3 Å². The molecule has 0 bridgehead atoms. The lowest BCUT2D eigenvalue weighted by Gasteiger charge is -2.13. The Morgan fingerprint density at radius 1 is 1.36 bits per heavy atom. The number of carboxylic acids is 1. The largest absolute Gasteiger partial charge is 0.481 e. The number of aliphatic carboxylic acids is 1. The smallest absolute Gasteiger partial charge is 0.308 e.